The van der Waals surface area contributed by atoms with Crippen LogP contribution in [0.5, 0.6) is 11.5 Å². The van der Waals surface area contributed by atoms with E-state index in [0.717, 1.165) is 17.1 Å². The van der Waals surface area contributed by atoms with Crippen molar-refractivity contribution in [2.24, 2.45) is 5.73 Å². The third kappa shape index (κ3) is 2.73. The second kappa shape index (κ2) is 5.27. The highest BCUT2D eigenvalue weighted by Crippen LogP contribution is 2.32. The monoisotopic (exact) mass is 250 g/mol. The molecule has 1 aromatic rings. The summed E-state index contributed by atoms with van der Waals surface area (Å²) >= 11 is 0. The average Bonchev–Trinajstić information content (AvgIpc) is 2.37. The van der Waals surface area contributed by atoms with Gasteiger partial charge in [0.05, 0.1) is 12.1 Å². The molecule has 2 atom stereocenters. The van der Waals surface area contributed by atoms with Crippen molar-refractivity contribution in [2.75, 3.05) is 13.2 Å². The first-order valence-corrected chi connectivity index (χ1v) is 6.03. The molecule has 5 heteroatoms. The third-order valence-corrected chi connectivity index (χ3v) is 2.84. The first-order valence-electron chi connectivity index (χ1n) is 6.03. The van der Waals surface area contributed by atoms with Crippen LogP contribution in [0.4, 0.5) is 0 Å². The maximum absolute atomic E-state index is 11.5. The zero-order valence-corrected chi connectivity index (χ0v) is 10.6. The molecule has 1 aromatic carbocycles. The summed E-state index contributed by atoms with van der Waals surface area (Å²) in [6.45, 7) is 4.69. The fraction of sp³-hybridized carbons (Fsp3) is 0.462. The van der Waals surface area contributed by atoms with Crippen molar-refractivity contribution < 1.29 is 14.3 Å². The molecule has 1 heterocycles. The molecule has 0 spiro atoms. The van der Waals surface area contributed by atoms with Gasteiger partial charge in [-0.3, -0.25) is 4.79 Å². The molecule has 0 fully saturated rings. The van der Waals surface area contributed by atoms with E-state index in [9.17, 15) is 4.79 Å². The van der Waals surface area contributed by atoms with Gasteiger partial charge in [0, 0.05) is 0 Å². The molecule has 0 radical (unpaired) electrons. The van der Waals surface area contributed by atoms with Crippen LogP contribution in [0.3, 0.4) is 0 Å². The molecular weight excluding hydrogens is 232 g/mol. The Labute approximate surface area is 106 Å². The molecule has 5 nitrogen and oxygen atoms in total. The average molecular weight is 250 g/mol. The lowest BCUT2D eigenvalue weighted by atomic mass is 10.1. The molecule has 3 N–H and O–H groups in total. The third-order valence-electron chi connectivity index (χ3n) is 2.84. The van der Waals surface area contributed by atoms with Crippen LogP contribution in [0.1, 0.15) is 25.5 Å². The molecule has 98 valence electrons. The molecule has 0 saturated heterocycles. The van der Waals surface area contributed by atoms with Crippen LogP contribution in [-0.4, -0.2) is 25.2 Å². The zero-order chi connectivity index (χ0) is 13.1. The molecule has 1 amide bonds. The number of carbonyl (C=O) groups is 1. The summed E-state index contributed by atoms with van der Waals surface area (Å²) in [7, 11) is 0. The summed E-state index contributed by atoms with van der Waals surface area (Å²) in [6, 6.07) is 5.04. The van der Waals surface area contributed by atoms with Gasteiger partial charge in [-0.25, -0.2) is 0 Å². The number of ether oxygens (including phenoxy) is 2. The quantitative estimate of drug-likeness (QED) is 0.838. The van der Waals surface area contributed by atoms with Crippen molar-refractivity contribution in [3.8, 4) is 11.5 Å². The normalized spacial score (nSPS) is 16.8. The predicted octanol–water partition coefficient (Wildman–Crippen LogP) is 0.982. The molecule has 0 bridgehead atoms. The first-order chi connectivity index (χ1) is 8.58. The maximum atomic E-state index is 11.5. The second-order valence-electron chi connectivity index (χ2n) is 4.42. The first kappa shape index (κ1) is 12.7. The summed E-state index contributed by atoms with van der Waals surface area (Å²) in [5.41, 5.74) is 6.48. The highest BCUT2D eigenvalue weighted by Gasteiger charge is 2.16. The van der Waals surface area contributed by atoms with E-state index < -0.39 is 6.04 Å². The number of carbonyl (C=O) groups excluding carboxylic acids is 1. The fourth-order valence-electron chi connectivity index (χ4n) is 1.76. The number of hydrogen-bond donors (Lipinski definition) is 2. The van der Waals surface area contributed by atoms with E-state index in [1.54, 1.807) is 6.92 Å². The van der Waals surface area contributed by atoms with Gasteiger partial charge in [-0.05, 0) is 31.5 Å². The summed E-state index contributed by atoms with van der Waals surface area (Å²) in [6.07, 6.45) is 0. The molecule has 1 aliphatic rings. The van der Waals surface area contributed by atoms with Gasteiger partial charge in [0.1, 0.15) is 13.2 Å². The van der Waals surface area contributed by atoms with Crippen LogP contribution in [-0.2, 0) is 4.79 Å². The van der Waals surface area contributed by atoms with Crippen molar-refractivity contribution in [3.63, 3.8) is 0 Å². The zero-order valence-electron chi connectivity index (χ0n) is 10.6. The van der Waals surface area contributed by atoms with Gasteiger partial charge in [0.25, 0.3) is 0 Å². The Morgan fingerprint density at radius 3 is 2.61 bits per heavy atom. The number of amides is 1. The SMILES string of the molecule is CC(NC(=O)[C@H](C)N)c1ccc2c(c1)OCCO2. The van der Waals surface area contributed by atoms with E-state index >= 15 is 0 Å². The maximum Gasteiger partial charge on any atom is 0.237 e. The molecule has 1 unspecified atom stereocenters. The molecule has 0 saturated carbocycles. The number of nitrogens with one attached hydrogen (secondary N) is 1. The van der Waals surface area contributed by atoms with Crippen LogP contribution >= 0.6 is 0 Å². The molecule has 1 aliphatic heterocycles. The number of hydrogen-bond acceptors (Lipinski definition) is 4. The minimum absolute atomic E-state index is 0.112. The Balaban J connectivity index is 2.11. The minimum Gasteiger partial charge on any atom is -0.486 e. The van der Waals surface area contributed by atoms with E-state index in [1.807, 2.05) is 25.1 Å². The van der Waals surface area contributed by atoms with Gasteiger partial charge in [0.2, 0.25) is 5.91 Å². The Morgan fingerprint density at radius 1 is 1.28 bits per heavy atom. The van der Waals surface area contributed by atoms with Gasteiger partial charge < -0.3 is 20.5 Å². The van der Waals surface area contributed by atoms with Gasteiger partial charge in [-0.15, -0.1) is 0 Å². The lowest BCUT2D eigenvalue weighted by molar-refractivity contribution is -0.122. The van der Waals surface area contributed by atoms with Gasteiger partial charge >= 0.3 is 0 Å². The summed E-state index contributed by atoms with van der Waals surface area (Å²) in [4.78, 5) is 11.5. The van der Waals surface area contributed by atoms with E-state index in [1.165, 1.54) is 0 Å². The van der Waals surface area contributed by atoms with E-state index in [-0.39, 0.29) is 11.9 Å². The van der Waals surface area contributed by atoms with Crippen molar-refractivity contribution in [1.29, 1.82) is 0 Å². The van der Waals surface area contributed by atoms with E-state index in [4.69, 9.17) is 15.2 Å². The van der Waals surface area contributed by atoms with Crippen molar-refractivity contribution in [3.05, 3.63) is 23.8 Å². The fourth-order valence-corrected chi connectivity index (χ4v) is 1.76. The number of nitrogens with two attached hydrogens (primary N) is 1. The standard InChI is InChI=1S/C13H18N2O3/c1-8(14)13(16)15-9(2)10-3-4-11-12(7-10)18-6-5-17-11/h3-4,7-9H,5-6,14H2,1-2H3,(H,15,16)/t8-,9?/m0/s1. The Bertz CT molecular complexity index is 446. The number of rotatable bonds is 3. The molecule has 2 rings (SSSR count). The summed E-state index contributed by atoms with van der Waals surface area (Å²) < 4.78 is 10.9. The van der Waals surface area contributed by atoms with E-state index in [2.05, 4.69) is 5.32 Å². The van der Waals surface area contributed by atoms with Gasteiger partial charge in [-0.2, -0.15) is 0 Å². The Kier molecular flexibility index (Phi) is 3.72. The highest BCUT2D eigenvalue weighted by molar-refractivity contribution is 5.81. The molecule has 0 aliphatic carbocycles. The predicted molar refractivity (Wildman–Crippen MR) is 67.6 cm³/mol. The highest BCUT2D eigenvalue weighted by atomic mass is 16.6. The number of fused-ring (bicyclic) bond motifs is 1. The summed E-state index contributed by atoms with van der Waals surface area (Å²) in [5, 5.41) is 2.84. The summed E-state index contributed by atoms with van der Waals surface area (Å²) in [5.74, 6) is 1.30. The Hall–Kier alpha value is -1.75. The van der Waals surface area contributed by atoms with Gasteiger partial charge in [-0.1, -0.05) is 6.07 Å². The van der Waals surface area contributed by atoms with Crippen molar-refractivity contribution in [1.82, 2.24) is 5.32 Å². The lowest BCUT2D eigenvalue weighted by Crippen LogP contribution is -2.39. The molecule has 18 heavy (non-hydrogen) atoms. The van der Waals surface area contributed by atoms with Crippen molar-refractivity contribution in [2.45, 2.75) is 25.9 Å². The van der Waals surface area contributed by atoms with Crippen LogP contribution in [0.15, 0.2) is 18.2 Å². The Morgan fingerprint density at radius 2 is 1.94 bits per heavy atom. The topological polar surface area (TPSA) is 73.6 Å². The number of benzene rings is 1. The lowest BCUT2D eigenvalue weighted by Gasteiger charge is -2.21. The van der Waals surface area contributed by atoms with Crippen LogP contribution in [0, 0.1) is 0 Å². The van der Waals surface area contributed by atoms with E-state index in [0.29, 0.717) is 13.2 Å². The molecule has 0 aromatic heterocycles. The van der Waals surface area contributed by atoms with Crippen LogP contribution in [0.2, 0.25) is 0 Å². The second-order valence-corrected chi connectivity index (χ2v) is 4.42. The largest absolute Gasteiger partial charge is 0.486 e. The smallest absolute Gasteiger partial charge is 0.237 e. The molecular formula is C13H18N2O3. The van der Waals surface area contributed by atoms with Crippen LogP contribution in [0.25, 0.3) is 0 Å². The van der Waals surface area contributed by atoms with Crippen molar-refractivity contribution >= 4 is 5.91 Å². The van der Waals surface area contributed by atoms with Gasteiger partial charge in [0.15, 0.2) is 11.5 Å². The van der Waals surface area contributed by atoms with Crippen LogP contribution < -0.4 is 20.5 Å². The minimum atomic E-state index is -0.510.